The maximum Gasteiger partial charge on any atom is 0.303 e. The van der Waals surface area contributed by atoms with E-state index in [1.807, 2.05) is 6.07 Å². The fourth-order valence-electron chi connectivity index (χ4n) is 2.87. The molecule has 1 aromatic rings. The first-order valence-corrected chi connectivity index (χ1v) is 9.16. The van der Waals surface area contributed by atoms with Gasteiger partial charge in [0.15, 0.2) is 0 Å². The number of aromatic hydroxyl groups is 1. The second-order valence-corrected chi connectivity index (χ2v) is 6.44. The van der Waals surface area contributed by atoms with Crippen molar-refractivity contribution in [3.63, 3.8) is 0 Å². The van der Waals surface area contributed by atoms with Crippen molar-refractivity contribution >= 4 is 5.97 Å². The summed E-state index contributed by atoms with van der Waals surface area (Å²) in [7, 11) is 0. The molecule has 0 amide bonds. The summed E-state index contributed by atoms with van der Waals surface area (Å²) in [5.74, 6) is -0.412. The summed E-state index contributed by atoms with van der Waals surface area (Å²) in [6.45, 7) is 2.24. The largest absolute Gasteiger partial charge is 0.508 e. The molecule has 3 heteroatoms. The zero-order valence-electron chi connectivity index (χ0n) is 14.5. The number of carboxylic acid groups (broad SMARTS) is 1. The minimum Gasteiger partial charge on any atom is -0.508 e. The number of aryl methyl sites for hydroxylation is 2. The number of hydrogen-bond acceptors (Lipinski definition) is 2. The number of hydrogen-bond donors (Lipinski definition) is 2. The summed E-state index contributed by atoms with van der Waals surface area (Å²) in [6, 6.07) is 5.88. The van der Waals surface area contributed by atoms with Gasteiger partial charge in [-0.2, -0.15) is 0 Å². The van der Waals surface area contributed by atoms with Crippen LogP contribution in [0.2, 0.25) is 0 Å². The number of carbonyl (C=O) groups is 1. The van der Waals surface area contributed by atoms with Crippen molar-refractivity contribution in [1.82, 2.24) is 0 Å². The average Bonchev–Trinajstić information content (AvgIpc) is 2.53. The summed E-state index contributed by atoms with van der Waals surface area (Å²) in [6.07, 6.45) is 12.6. The van der Waals surface area contributed by atoms with Crippen LogP contribution in [-0.4, -0.2) is 16.2 Å². The molecular formula is C20H32O3. The van der Waals surface area contributed by atoms with Crippen LogP contribution in [-0.2, 0) is 17.6 Å². The molecule has 0 aliphatic rings. The van der Waals surface area contributed by atoms with Crippen molar-refractivity contribution in [2.45, 2.75) is 84.0 Å². The first kappa shape index (κ1) is 19.5. The number of unbranched alkanes of at least 4 members (excludes halogenated alkanes) is 7. The van der Waals surface area contributed by atoms with Gasteiger partial charge in [-0.05, 0) is 49.3 Å². The Balaban J connectivity index is 2.28. The van der Waals surface area contributed by atoms with E-state index in [0.717, 1.165) is 24.8 Å². The van der Waals surface area contributed by atoms with Crippen LogP contribution in [0, 0.1) is 0 Å². The Hall–Kier alpha value is -1.51. The van der Waals surface area contributed by atoms with E-state index in [-0.39, 0.29) is 6.42 Å². The minimum absolute atomic E-state index is 0.207. The van der Waals surface area contributed by atoms with Crippen molar-refractivity contribution in [3.05, 3.63) is 29.3 Å². The molecule has 0 saturated carbocycles. The molecule has 0 aliphatic heterocycles. The number of phenols is 1. The summed E-state index contributed by atoms with van der Waals surface area (Å²) in [5, 5.41) is 18.6. The SMILES string of the molecule is CCCCCCCCCc1ccc(O)c(CCCCC(=O)O)c1. The molecule has 0 atom stereocenters. The molecule has 0 aliphatic carbocycles. The predicted octanol–water partition coefficient (Wildman–Crippen LogP) is 5.48. The molecule has 0 fully saturated rings. The van der Waals surface area contributed by atoms with E-state index in [4.69, 9.17) is 5.11 Å². The molecule has 0 bridgehead atoms. The molecular weight excluding hydrogens is 288 g/mol. The first-order chi connectivity index (χ1) is 11.1. The predicted molar refractivity (Wildman–Crippen MR) is 95.0 cm³/mol. The Morgan fingerprint density at radius 3 is 2.26 bits per heavy atom. The molecule has 0 spiro atoms. The third kappa shape index (κ3) is 9.27. The van der Waals surface area contributed by atoms with Gasteiger partial charge >= 0.3 is 5.97 Å². The van der Waals surface area contributed by atoms with Gasteiger partial charge in [0.05, 0.1) is 0 Å². The van der Waals surface area contributed by atoms with Gasteiger partial charge in [-0.15, -0.1) is 0 Å². The van der Waals surface area contributed by atoms with E-state index in [1.54, 1.807) is 6.07 Å². The summed E-state index contributed by atoms with van der Waals surface area (Å²) in [5.41, 5.74) is 2.24. The van der Waals surface area contributed by atoms with Crippen LogP contribution in [0.5, 0.6) is 5.75 Å². The molecule has 0 unspecified atom stereocenters. The fraction of sp³-hybridized carbons (Fsp3) is 0.650. The Morgan fingerprint density at radius 1 is 0.913 bits per heavy atom. The monoisotopic (exact) mass is 320 g/mol. The summed E-state index contributed by atoms with van der Waals surface area (Å²) < 4.78 is 0. The van der Waals surface area contributed by atoms with Gasteiger partial charge in [0.1, 0.15) is 5.75 Å². The molecule has 130 valence electrons. The fourth-order valence-corrected chi connectivity index (χ4v) is 2.87. The lowest BCUT2D eigenvalue weighted by atomic mass is 9.99. The molecule has 0 radical (unpaired) electrons. The van der Waals surface area contributed by atoms with Gasteiger partial charge in [-0.25, -0.2) is 0 Å². The van der Waals surface area contributed by atoms with E-state index < -0.39 is 5.97 Å². The van der Waals surface area contributed by atoms with E-state index in [1.165, 1.54) is 50.5 Å². The highest BCUT2D eigenvalue weighted by Crippen LogP contribution is 2.22. The Morgan fingerprint density at radius 2 is 1.57 bits per heavy atom. The molecule has 0 aromatic heterocycles. The van der Waals surface area contributed by atoms with Gasteiger partial charge in [-0.1, -0.05) is 57.6 Å². The van der Waals surface area contributed by atoms with Gasteiger partial charge in [0.25, 0.3) is 0 Å². The van der Waals surface area contributed by atoms with Crippen LogP contribution in [0.4, 0.5) is 0 Å². The van der Waals surface area contributed by atoms with Crippen molar-refractivity contribution < 1.29 is 15.0 Å². The zero-order chi connectivity index (χ0) is 16.9. The van der Waals surface area contributed by atoms with Gasteiger partial charge < -0.3 is 10.2 Å². The van der Waals surface area contributed by atoms with E-state index >= 15 is 0 Å². The molecule has 0 heterocycles. The second kappa shape index (κ2) is 12.0. The molecule has 3 nitrogen and oxygen atoms in total. The van der Waals surface area contributed by atoms with Crippen LogP contribution in [0.3, 0.4) is 0 Å². The van der Waals surface area contributed by atoms with Crippen molar-refractivity contribution in [1.29, 1.82) is 0 Å². The van der Waals surface area contributed by atoms with Crippen LogP contribution in [0.25, 0.3) is 0 Å². The Labute approximate surface area is 140 Å². The van der Waals surface area contributed by atoms with E-state index in [0.29, 0.717) is 12.2 Å². The molecule has 2 N–H and O–H groups in total. The highest BCUT2D eigenvalue weighted by atomic mass is 16.4. The van der Waals surface area contributed by atoms with Gasteiger partial charge in [0.2, 0.25) is 0 Å². The van der Waals surface area contributed by atoms with Crippen LogP contribution in [0.15, 0.2) is 18.2 Å². The van der Waals surface area contributed by atoms with Crippen LogP contribution < -0.4 is 0 Å². The highest BCUT2D eigenvalue weighted by Gasteiger charge is 2.04. The molecule has 1 rings (SSSR count). The van der Waals surface area contributed by atoms with Gasteiger partial charge in [0, 0.05) is 6.42 Å². The minimum atomic E-state index is -0.748. The van der Waals surface area contributed by atoms with E-state index in [9.17, 15) is 9.90 Å². The Bertz CT molecular complexity index is 454. The lowest BCUT2D eigenvalue weighted by Gasteiger charge is -2.08. The number of aliphatic carboxylic acids is 1. The quantitative estimate of drug-likeness (QED) is 0.473. The zero-order valence-corrected chi connectivity index (χ0v) is 14.5. The third-order valence-corrected chi connectivity index (χ3v) is 4.30. The topological polar surface area (TPSA) is 57.5 Å². The average molecular weight is 320 g/mol. The number of rotatable bonds is 13. The summed E-state index contributed by atoms with van der Waals surface area (Å²) >= 11 is 0. The van der Waals surface area contributed by atoms with Crippen molar-refractivity contribution in [3.8, 4) is 5.75 Å². The molecule has 23 heavy (non-hydrogen) atoms. The maximum absolute atomic E-state index is 10.5. The van der Waals surface area contributed by atoms with Crippen molar-refractivity contribution in [2.24, 2.45) is 0 Å². The Kier molecular flexibility index (Phi) is 10.2. The van der Waals surface area contributed by atoms with E-state index in [2.05, 4.69) is 13.0 Å². The normalized spacial score (nSPS) is 10.8. The second-order valence-electron chi connectivity index (χ2n) is 6.44. The lowest BCUT2D eigenvalue weighted by Crippen LogP contribution is -1.96. The highest BCUT2D eigenvalue weighted by molar-refractivity contribution is 5.66. The number of benzene rings is 1. The summed E-state index contributed by atoms with van der Waals surface area (Å²) in [4.78, 5) is 10.5. The number of carboxylic acids is 1. The molecule has 1 aromatic carbocycles. The number of phenolic OH excluding ortho intramolecular Hbond substituents is 1. The standard InChI is InChI=1S/C20H32O3/c1-2-3-4-5-6-7-8-11-17-14-15-19(21)18(16-17)12-9-10-13-20(22)23/h14-16,21H,2-13H2,1H3,(H,22,23). The lowest BCUT2D eigenvalue weighted by molar-refractivity contribution is -0.137. The maximum atomic E-state index is 10.5. The first-order valence-electron chi connectivity index (χ1n) is 9.16. The third-order valence-electron chi connectivity index (χ3n) is 4.30. The van der Waals surface area contributed by atoms with Crippen LogP contribution >= 0.6 is 0 Å². The van der Waals surface area contributed by atoms with Crippen molar-refractivity contribution in [2.75, 3.05) is 0 Å². The van der Waals surface area contributed by atoms with Gasteiger partial charge in [-0.3, -0.25) is 4.79 Å². The smallest absolute Gasteiger partial charge is 0.303 e. The van der Waals surface area contributed by atoms with Crippen LogP contribution in [0.1, 0.15) is 82.3 Å². The molecule has 0 saturated heterocycles.